The molecule has 1 atom stereocenters. The van der Waals surface area contributed by atoms with E-state index >= 15 is 0 Å². The molecule has 0 spiro atoms. The largest absolute Gasteiger partial charge is 0.0854 e. The van der Waals surface area contributed by atoms with E-state index < -0.39 is 0 Å². The summed E-state index contributed by atoms with van der Waals surface area (Å²) in [6.07, 6.45) is 9.69. The molecule has 0 N–H and O–H groups in total. The van der Waals surface area contributed by atoms with Crippen molar-refractivity contribution in [2.24, 2.45) is 5.92 Å². The fourth-order valence-corrected chi connectivity index (χ4v) is 1.67. The van der Waals surface area contributed by atoms with Gasteiger partial charge in [0, 0.05) is 0 Å². The van der Waals surface area contributed by atoms with Crippen molar-refractivity contribution in [3.63, 3.8) is 0 Å². The summed E-state index contributed by atoms with van der Waals surface area (Å²) in [7, 11) is 0. The highest BCUT2D eigenvalue weighted by atomic mass is 14.0. The minimum Gasteiger partial charge on any atom is -0.0854 e. The molecule has 0 saturated heterocycles. The molecule has 0 nitrogen and oxygen atoms in total. The van der Waals surface area contributed by atoms with Crippen LogP contribution in [-0.2, 0) is 6.42 Å². The maximum absolute atomic E-state index is 2.35. The Hall–Kier alpha value is -1.04. The summed E-state index contributed by atoms with van der Waals surface area (Å²) >= 11 is 0. The molecular weight excluding hydrogens is 180 g/mol. The Morgan fingerprint density at radius 3 is 2.60 bits per heavy atom. The Morgan fingerprint density at radius 2 is 1.93 bits per heavy atom. The van der Waals surface area contributed by atoms with Gasteiger partial charge in [-0.1, -0.05) is 69.2 Å². The minimum atomic E-state index is 0.730. The van der Waals surface area contributed by atoms with Gasteiger partial charge in [-0.2, -0.15) is 0 Å². The van der Waals surface area contributed by atoms with Crippen LogP contribution in [0.3, 0.4) is 0 Å². The van der Waals surface area contributed by atoms with Crippen molar-refractivity contribution in [1.82, 2.24) is 0 Å². The van der Waals surface area contributed by atoms with E-state index in [2.05, 4.69) is 56.3 Å². The quantitative estimate of drug-likeness (QED) is 0.591. The van der Waals surface area contributed by atoms with Crippen molar-refractivity contribution in [3.8, 4) is 0 Å². The molecule has 15 heavy (non-hydrogen) atoms. The first-order valence-corrected chi connectivity index (χ1v) is 6.03. The Kier molecular flexibility index (Phi) is 5.84. The summed E-state index contributed by atoms with van der Waals surface area (Å²) in [5.41, 5.74) is 1.40. The lowest BCUT2D eigenvalue weighted by Crippen LogP contribution is -1.89. The van der Waals surface area contributed by atoms with E-state index in [9.17, 15) is 0 Å². The zero-order chi connectivity index (χ0) is 10.9. The van der Waals surface area contributed by atoms with E-state index in [0.717, 1.165) is 12.3 Å². The monoisotopic (exact) mass is 202 g/mol. The third-order valence-corrected chi connectivity index (χ3v) is 2.67. The maximum atomic E-state index is 2.35. The number of benzene rings is 1. The molecule has 0 bridgehead atoms. The smallest absolute Gasteiger partial charge is 0.00974 e. The van der Waals surface area contributed by atoms with E-state index in [1.54, 1.807) is 0 Å². The summed E-state index contributed by atoms with van der Waals surface area (Å²) in [5, 5.41) is 0. The molecular formula is C15H22. The van der Waals surface area contributed by atoms with Crippen molar-refractivity contribution in [3.05, 3.63) is 48.0 Å². The minimum absolute atomic E-state index is 0.730. The number of rotatable bonds is 6. The van der Waals surface area contributed by atoms with Gasteiger partial charge >= 0.3 is 0 Å². The molecule has 1 rings (SSSR count). The van der Waals surface area contributed by atoms with Crippen LogP contribution in [0.1, 0.15) is 38.7 Å². The molecule has 0 unspecified atom stereocenters. The SMILES string of the molecule is CCCC[C@@H](C)/C=C/Cc1ccccc1. The lowest BCUT2D eigenvalue weighted by molar-refractivity contribution is 0.597. The standard InChI is InChI=1S/C15H22/c1-3-4-9-14(2)10-8-13-15-11-6-5-7-12-15/h5-8,10-12,14H,3-4,9,13H2,1-2H3/b10-8+/t14-/m1/s1. The van der Waals surface area contributed by atoms with Crippen LogP contribution in [0.5, 0.6) is 0 Å². The van der Waals surface area contributed by atoms with Crippen molar-refractivity contribution in [2.45, 2.75) is 39.5 Å². The third kappa shape index (κ3) is 5.41. The van der Waals surface area contributed by atoms with Gasteiger partial charge in [0.2, 0.25) is 0 Å². The highest BCUT2D eigenvalue weighted by molar-refractivity contribution is 5.17. The molecule has 0 heteroatoms. The van der Waals surface area contributed by atoms with Crippen LogP contribution in [0.25, 0.3) is 0 Å². The van der Waals surface area contributed by atoms with Crippen molar-refractivity contribution in [2.75, 3.05) is 0 Å². The van der Waals surface area contributed by atoms with Crippen LogP contribution in [0.4, 0.5) is 0 Å². The molecule has 0 aliphatic heterocycles. The highest BCUT2D eigenvalue weighted by Crippen LogP contribution is 2.09. The van der Waals surface area contributed by atoms with Gasteiger partial charge in [-0.25, -0.2) is 0 Å². The summed E-state index contributed by atoms with van der Waals surface area (Å²) in [6, 6.07) is 10.6. The molecule has 0 aromatic heterocycles. The molecule has 1 aromatic carbocycles. The summed E-state index contributed by atoms with van der Waals surface area (Å²) in [5.74, 6) is 0.730. The van der Waals surface area contributed by atoms with Crippen molar-refractivity contribution >= 4 is 0 Å². The topological polar surface area (TPSA) is 0 Å². The Balaban J connectivity index is 2.27. The second kappa shape index (κ2) is 7.28. The zero-order valence-electron chi connectivity index (χ0n) is 9.95. The van der Waals surface area contributed by atoms with E-state index in [4.69, 9.17) is 0 Å². The number of hydrogen-bond donors (Lipinski definition) is 0. The summed E-state index contributed by atoms with van der Waals surface area (Å²) < 4.78 is 0. The van der Waals surface area contributed by atoms with Crippen LogP contribution in [0.15, 0.2) is 42.5 Å². The first-order chi connectivity index (χ1) is 7.33. The summed E-state index contributed by atoms with van der Waals surface area (Å²) in [4.78, 5) is 0. The molecule has 82 valence electrons. The molecule has 0 fully saturated rings. The van der Waals surface area contributed by atoms with Gasteiger partial charge in [-0.3, -0.25) is 0 Å². The van der Waals surface area contributed by atoms with E-state index in [0.29, 0.717) is 0 Å². The fraction of sp³-hybridized carbons (Fsp3) is 0.467. The van der Waals surface area contributed by atoms with Crippen molar-refractivity contribution in [1.29, 1.82) is 0 Å². The Labute approximate surface area is 94.0 Å². The van der Waals surface area contributed by atoms with Gasteiger partial charge in [-0.05, 0) is 24.3 Å². The van der Waals surface area contributed by atoms with Crippen LogP contribution in [0, 0.1) is 5.92 Å². The second-order valence-corrected chi connectivity index (χ2v) is 4.24. The average Bonchev–Trinajstić information content (AvgIpc) is 2.28. The van der Waals surface area contributed by atoms with Crippen molar-refractivity contribution < 1.29 is 0 Å². The van der Waals surface area contributed by atoms with Gasteiger partial charge in [0.15, 0.2) is 0 Å². The summed E-state index contributed by atoms with van der Waals surface area (Å²) in [6.45, 7) is 4.55. The van der Waals surface area contributed by atoms with E-state index in [1.807, 2.05) is 0 Å². The van der Waals surface area contributed by atoms with E-state index in [-0.39, 0.29) is 0 Å². The lowest BCUT2D eigenvalue weighted by atomic mass is 10.0. The van der Waals surface area contributed by atoms with Crippen LogP contribution >= 0.6 is 0 Å². The molecule has 0 aliphatic carbocycles. The predicted molar refractivity (Wildman–Crippen MR) is 68.0 cm³/mol. The average molecular weight is 202 g/mol. The Morgan fingerprint density at radius 1 is 1.20 bits per heavy atom. The normalized spacial score (nSPS) is 13.2. The van der Waals surface area contributed by atoms with Gasteiger partial charge in [0.1, 0.15) is 0 Å². The van der Waals surface area contributed by atoms with Gasteiger partial charge in [-0.15, -0.1) is 0 Å². The fourth-order valence-electron chi connectivity index (χ4n) is 1.67. The van der Waals surface area contributed by atoms with Crippen LogP contribution in [0.2, 0.25) is 0 Å². The molecule has 0 radical (unpaired) electrons. The second-order valence-electron chi connectivity index (χ2n) is 4.24. The van der Waals surface area contributed by atoms with Gasteiger partial charge < -0.3 is 0 Å². The first kappa shape index (κ1) is 12.0. The molecule has 0 amide bonds. The lowest BCUT2D eigenvalue weighted by Gasteiger charge is -2.03. The van der Waals surface area contributed by atoms with Gasteiger partial charge in [0.05, 0.1) is 0 Å². The van der Waals surface area contributed by atoms with Crippen LogP contribution < -0.4 is 0 Å². The number of hydrogen-bond acceptors (Lipinski definition) is 0. The third-order valence-electron chi connectivity index (χ3n) is 2.67. The zero-order valence-corrected chi connectivity index (χ0v) is 9.95. The maximum Gasteiger partial charge on any atom is -0.00974 e. The molecule has 1 aromatic rings. The van der Waals surface area contributed by atoms with E-state index in [1.165, 1.54) is 24.8 Å². The predicted octanol–water partition coefficient (Wildman–Crippen LogP) is 4.61. The first-order valence-electron chi connectivity index (χ1n) is 6.03. The molecule has 0 saturated carbocycles. The number of allylic oxidation sites excluding steroid dienone is 2. The van der Waals surface area contributed by atoms with Gasteiger partial charge in [0.25, 0.3) is 0 Å². The van der Waals surface area contributed by atoms with Crippen LogP contribution in [-0.4, -0.2) is 0 Å². The highest BCUT2D eigenvalue weighted by Gasteiger charge is 1.94. The molecule has 0 heterocycles. The Bertz CT molecular complexity index is 271. The molecule has 0 aliphatic rings. The number of unbranched alkanes of at least 4 members (excludes halogenated alkanes) is 1.